The van der Waals surface area contributed by atoms with Crippen molar-refractivity contribution in [2.24, 2.45) is 10.7 Å². The monoisotopic (exact) mass is 294 g/mol. The fourth-order valence-corrected chi connectivity index (χ4v) is 3.50. The first-order chi connectivity index (χ1) is 10.7. The molecule has 0 saturated heterocycles. The Bertz CT molecular complexity index is 744. The Morgan fingerprint density at radius 2 is 2.00 bits per heavy atom. The molecule has 22 heavy (non-hydrogen) atoms. The number of aliphatic imine (C=N–C) groups is 1. The van der Waals surface area contributed by atoms with Crippen molar-refractivity contribution >= 4 is 6.02 Å². The summed E-state index contributed by atoms with van der Waals surface area (Å²) < 4.78 is 5.59. The van der Waals surface area contributed by atoms with Crippen LogP contribution in [-0.2, 0) is 17.6 Å². The lowest BCUT2D eigenvalue weighted by Gasteiger charge is -2.34. The van der Waals surface area contributed by atoms with Gasteiger partial charge in [0.2, 0.25) is 0 Å². The van der Waals surface area contributed by atoms with Crippen LogP contribution >= 0.6 is 0 Å². The van der Waals surface area contributed by atoms with E-state index in [1.165, 1.54) is 11.1 Å². The maximum absolute atomic E-state index is 5.78. The molecule has 2 aliphatic rings. The van der Waals surface area contributed by atoms with E-state index in [1.807, 2.05) is 12.4 Å². The quantitative estimate of drug-likeness (QED) is 0.874. The molecule has 1 aromatic heterocycles. The van der Waals surface area contributed by atoms with Crippen molar-refractivity contribution in [1.29, 1.82) is 0 Å². The molecular formula is C17H18N4O. The first-order valence-electron chi connectivity index (χ1n) is 7.55. The highest BCUT2D eigenvalue weighted by molar-refractivity contribution is 5.74. The SMILES string of the molecule is C[C@H]1OC(N)=N[C@]12CCc1ccc(-c3cncnc3)cc1C2. The van der Waals surface area contributed by atoms with E-state index in [2.05, 4.69) is 40.1 Å². The molecule has 112 valence electrons. The summed E-state index contributed by atoms with van der Waals surface area (Å²) >= 11 is 0. The summed E-state index contributed by atoms with van der Waals surface area (Å²) in [5.74, 6) is 0. The van der Waals surface area contributed by atoms with E-state index in [9.17, 15) is 0 Å². The van der Waals surface area contributed by atoms with Crippen molar-refractivity contribution < 1.29 is 4.74 Å². The van der Waals surface area contributed by atoms with Crippen molar-refractivity contribution in [1.82, 2.24) is 9.97 Å². The van der Waals surface area contributed by atoms with Gasteiger partial charge in [-0.3, -0.25) is 0 Å². The lowest BCUT2D eigenvalue weighted by atomic mass is 9.75. The fraction of sp³-hybridized carbons (Fsp3) is 0.353. The first-order valence-corrected chi connectivity index (χ1v) is 7.55. The molecule has 1 aliphatic carbocycles. The number of hydrogen-bond acceptors (Lipinski definition) is 5. The number of nitrogens with two attached hydrogens (primary N) is 1. The summed E-state index contributed by atoms with van der Waals surface area (Å²) in [6.45, 7) is 2.06. The second-order valence-corrected chi connectivity index (χ2v) is 6.10. The minimum atomic E-state index is -0.205. The van der Waals surface area contributed by atoms with Gasteiger partial charge in [-0.15, -0.1) is 0 Å². The van der Waals surface area contributed by atoms with E-state index < -0.39 is 0 Å². The standard InChI is InChI=1S/C17H18N4O/c1-11-17(21-16(18)22-11)5-4-12-2-3-13(6-14(12)7-17)15-8-19-10-20-9-15/h2-3,6,8-11H,4-5,7H2,1H3,(H2,18,21)/t11-,17+/m1/s1. The molecule has 5 heteroatoms. The number of aromatic nitrogens is 2. The molecule has 1 aliphatic heterocycles. The summed E-state index contributed by atoms with van der Waals surface area (Å²) in [6.07, 6.45) is 8.11. The van der Waals surface area contributed by atoms with Gasteiger partial charge >= 0.3 is 0 Å². The molecule has 2 atom stereocenters. The molecular weight excluding hydrogens is 276 g/mol. The van der Waals surface area contributed by atoms with Crippen molar-refractivity contribution in [2.45, 2.75) is 37.8 Å². The third-order valence-corrected chi connectivity index (χ3v) is 4.81. The van der Waals surface area contributed by atoms with E-state index in [1.54, 1.807) is 6.33 Å². The van der Waals surface area contributed by atoms with Crippen LogP contribution in [0.25, 0.3) is 11.1 Å². The van der Waals surface area contributed by atoms with Crippen LogP contribution in [0.1, 0.15) is 24.5 Å². The maximum Gasteiger partial charge on any atom is 0.282 e. The molecule has 0 unspecified atom stereocenters. The summed E-state index contributed by atoms with van der Waals surface area (Å²) in [4.78, 5) is 12.8. The maximum atomic E-state index is 5.78. The van der Waals surface area contributed by atoms with Gasteiger partial charge in [-0.05, 0) is 36.5 Å². The lowest BCUT2D eigenvalue weighted by molar-refractivity contribution is 0.140. The van der Waals surface area contributed by atoms with Gasteiger partial charge in [0.05, 0.1) is 0 Å². The zero-order valence-corrected chi connectivity index (χ0v) is 12.5. The van der Waals surface area contributed by atoms with E-state index >= 15 is 0 Å². The Morgan fingerprint density at radius 3 is 2.73 bits per heavy atom. The predicted molar refractivity (Wildman–Crippen MR) is 84.4 cm³/mol. The third-order valence-electron chi connectivity index (χ3n) is 4.81. The van der Waals surface area contributed by atoms with Gasteiger partial charge in [-0.25, -0.2) is 15.0 Å². The zero-order chi connectivity index (χ0) is 15.2. The van der Waals surface area contributed by atoms with Gasteiger partial charge in [-0.2, -0.15) is 0 Å². The molecule has 0 radical (unpaired) electrons. The van der Waals surface area contributed by atoms with Crippen LogP contribution in [-0.4, -0.2) is 27.6 Å². The highest BCUT2D eigenvalue weighted by atomic mass is 16.5. The molecule has 1 spiro atoms. The fourth-order valence-electron chi connectivity index (χ4n) is 3.50. The minimum Gasteiger partial charge on any atom is -0.460 e. The molecule has 0 bridgehead atoms. The summed E-state index contributed by atoms with van der Waals surface area (Å²) in [5.41, 5.74) is 10.5. The zero-order valence-electron chi connectivity index (χ0n) is 12.5. The average Bonchev–Trinajstić information content (AvgIpc) is 2.81. The van der Waals surface area contributed by atoms with Gasteiger partial charge in [0.1, 0.15) is 18.0 Å². The van der Waals surface area contributed by atoms with E-state index in [0.717, 1.165) is 30.4 Å². The topological polar surface area (TPSA) is 73.4 Å². The molecule has 0 fully saturated rings. The Morgan fingerprint density at radius 1 is 1.18 bits per heavy atom. The number of fused-ring (bicyclic) bond motifs is 1. The Labute approximate surface area is 129 Å². The van der Waals surface area contributed by atoms with E-state index in [-0.39, 0.29) is 11.6 Å². The second kappa shape index (κ2) is 4.80. The molecule has 0 saturated carbocycles. The number of benzene rings is 1. The highest BCUT2D eigenvalue weighted by Gasteiger charge is 2.45. The molecule has 5 nitrogen and oxygen atoms in total. The largest absolute Gasteiger partial charge is 0.460 e. The number of hydrogen-bond donors (Lipinski definition) is 1. The molecule has 2 N–H and O–H groups in total. The molecule has 2 heterocycles. The van der Waals surface area contributed by atoms with Crippen molar-refractivity contribution in [3.63, 3.8) is 0 Å². The van der Waals surface area contributed by atoms with Gasteiger partial charge in [0, 0.05) is 24.4 Å². The summed E-state index contributed by atoms with van der Waals surface area (Å²) in [6, 6.07) is 6.90. The van der Waals surface area contributed by atoms with Gasteiger partial charge in [0.25, 0.3) is 6.02 Å². The highest BCUT2D eigenvalue weighted by Crippen LogP contribution is 2.39. The second-order valence-electron chi connectivity index (χ2n) is 6.10. The van der Waals surface area contributed by atoms with Crippen molar-refractivity contribution in [3.05, 3.63) is 48.0 Å². The van der Waals surface area contributed by atoms with Gasteiger partial charge < -0.3 is 10.5 Å². The summed E-state index contributed by atoms with van der Waals surface area (Å²) in [7, 11) is 0. The van der Waals surface area contributed by atoms with Gasteiger partial charge in [-0.1, -0.05) is 18.2 Å². The normalized spacial score (nSPS) is 26.4. The average molecular weight is 294 g/mol. The molecule has 4 rings (SSSR count). The Kier molecular flexibility index (Phi) is 2.89. The van der Waals surface area contributed by atoms with Crippen LogP contribution in [0.5, 0.6) is 0 Å². The smallest absolute Gasteiger partial charge is 0.282 e. The lowest BCUT2D eigenvalue weighted by Crippen LogP contribution is -2.41. The van der Waals surface area contributed by atoms with Crippen molar-refractivity contribution in [3.8, 4) is 11.1 Å². The Hall–Kier alpha value is -2.43. The number of nitrogens with zero attached hydrogens (tertiary/aromatic N) is 3. The summed E-state index contributed by atoms with van der Waals surface area (Å²) in [5, 5.41) is 0. The van der Waals surface area contributed by atoms with Crippen LogP contribution in [0.3, 0.4) is 0 Å². The molecule has 1 aromatic carbocycles. The van der Waals surface area contributed by atoms with E-state index in [0.29, 0.717) is 6.02 Å². The van der Waals surface area contributed by atoms with E-state index in [4.69, 9.17) is 10.5 Å². The Balaban J connectivity index is 1.72. The predicted octanol–water partition coefficient (Wildman–Crippen LogP) is 2.10. The van der Waals surface area contributed by atoms with Gasteiger partial charge in [0.15, 0.2) is 0 Å². The van der Waals surface area contributed by atoms with Crippen LogP contribution in [0.15, 0.2) is 41.9 Å². The number of rotatable bonds is 1. The van der Waals surface area contributed by atoms with Crippen LogP contribution in [0, 0.1) is 0 Å². The molecule has 2 aromatic rings. The third kappa shape index (κ3) is 2.04. The minimum absolute atomic E-state index is 0.0318. The molecule has 0 amide bonds. The van der Waals surface area contributed by atoms with Crippen molar-refractivity contribution in [2.75, 3.05) is 0 Å². The van der Waals surface area contributed by atoms with Crippen LogP contribution < -0.4 is 5.73 Å². The number of ether oxygens (including phenoxy) is 1. The number of amidine groups is 1. The first kappa shape index (κ1) is 13.2. The van der Waals surface area contributed by atoms with Crippen LogP contribution in [0.2, 0.25) is 0 Å². The van der Waals surface area contributed by atoms with Crippen LogP contribution in [0.4, 0.5) is 0 Å². The number of aryl methyl sites for hydroxylation is 1.